The summed E-state index contributed by atoms with van der Waals surface area (Å²) in [5.41, 5.74) is -2.47. The fraction of sp³-hybridized carbons (Fsp3) is 0.143. The van der Waals surface area contributed by atoms with Crippen LogP contribution in [0.3, 0.4) is 0 Å². The lowest BCUT2D eigenvalue weighted by Crippen LogP contribution is -2.14. The molecule has 0 aliphatic carbocycles. The lowest BCUT2D eigenvalue weighted by molar-refractivity contribution is -0.386. The average Bonchev–Trinajstić information content (AvgIpc) is 2.47. The number of nitrogens with zero attached hydrogens (tertiary/aromatic N) is 3. The summed E-state index contributed by atoms with van der Waals surface area (Å²) < 4.78 is 39.3. The molecule has 9 heteroatoms. The van der Waals surface area contributed by atoms with Crippen molar-refractivity contribution in [3.05, 3.63) is 68.5 Å². The van der Waals surface area contributed by atoms with Crippen LogP contribution in [0.2, 0.25) is 5.15 Å². The van der Waals surface area contributed by atoms with Gasteiger partial charge in [-0.05, 0) is 17.7 Å². The van der Waals surface area contributed by atoms with Gasteiger partial charge in [-0.15, -0.1) is 0 Å². The van der Waals surface area contributed by atoms with Crippen molar-refractivity contribution >= 4 is 17.3 Å². The van der Waals surface area contributed by atoms with Crippen LogP contribution < -0.4 is 0 Å². The number of rotatable bonds is 3. The van der Waals surface area contributed by atoms with Gasteiger partial charge in [0.15, 0.2) is 0 Å². The van der Waals surface area contributed by atoms with Crippen molar-refractivity contribution in [2.45, 2.75) is 12.1 Å². The van der Waals surface area contributed by atoms with Crippen LogP contribution in [0, 0.1) is 21.4 Å². The summed E-state index contributed by atoms with van der Waals surface area (Å²) >= 11 is 5.67. The highest BCUT2D eigenvalue weighted by Crippen LogP contribution is 2.39. The van der Waals surface area contributed by atoms with Gasteiger partial charge in [-0.1, -0.05) is 29.8 Å². The number of alkyl halides is 3. The van der Waals surface area contributed by atoms with Crippen LogP contribution in [0.15, 0.2) is 36.4 Å². The maximum atomic E-state index is 13.1. The number of benzene rings is 1. The van der Waals surface area contributed by atoms with E-state index in [0.717, 1.165) is 24.3 Å². The second-order valence-electron chi connectivity index (χ2n) is 4.44. The molecule has 0 saturated carbocycles. The monoisotopic (exact) mass is 341 g/mol. The molecular weight excluding hydrogens is 335 g/mol. The van der Waals surface area contributed by atoms with Crippen LogP contribution >= 0.6 is 11.6 Å². The number of hydrogen-bond acceptors (Lipinski definition) is 4. The van der Waals surface area contributed by atoms with Gasteiger partial charge in [-0.3, -0.25) is 10.1 Å². The van der Waals surface area contributed by atoms with Gasteiger partial charge < -0.3 is 0 Å². The molecule has 0 spiro atoms. The third kappa shape index (κ3) is 3.40. The molecule has 0 fully saturated rings. The van der Waals surface area contributed by atoms with E-state index in [1.807, 2.05) is 0 Å². The molecule has 0 N–H and O–H groups in total. The van der Waals surface area contributed by atoms with E-state index in [0.29, 0.717) is 0 Å². The van der Waals surface area contributed by atoms with Gasteiger partial charge in [-0.2, -0.15) is 18.4 Å². The fourth-order valence-electron chi connectivity index (χ4n) is 2.09. The van der Waals surface area contributed by atoms with Gasteiger partial charge in [0.05, 0.1) is 16.6 Å². The van der Waals surface area contributed by atoms with Crippen molar-refractivity contribution in [1.82, 2.24) is 4.98 Å². The zero-order valence-corrected chi connectivity index (χ0v) is 12.0. The smallest absolute Gasteiger partial charge is 0.258 e. The Morgan fingerprint density at radius 2 is 1.91 bits per heavy atom. The van der Waals surface area contributed by atoms with Gasteiger partial charge in [0, 0.05) is 6.07 Å². The first-order valence-electron chi connectivity index (χ1n) is 6.12. The Labute approximate surface area is 133 Å². The van der Waals surface area contributed by atoms with Gasteiger partial charge in [0.25, 0.3) is 5.69 Å². The van der Waals surface area contributed by atoms with Crippen LogP contribution in [0.4, 0.5) is 18.9 Å². The predicted octanol–water partition coefficient (Wildman–Crippen LogP) is 4.32. The summed E-state index contributed by atoms with van der Waals surface area (Å²) in [4.78, 5) is 13.9. The number of pyridine rings is 1. The third-order valence-corrected chi connectivity index (χ3v) is 3.26. The number of nitro groups is 1. The minimum Gasteiger partial charge on any atom is -0.258 e. The van der Waals surface area contributed by atoms with Crippen molar-refractivity contribution in [2.24, 2.45) is 0 Å². The first-order valence-corrected chi connectivity index (χ1v) is 6.50. The third-order valence-electron chi connectivity index (χ3n) is 3.04. The van der Waals surface area contributed by atoms with Crippen LogP contribution in [-0.4, -0.2) is 9.91 Å². The highest BCUT2D eigenvalue weighted by atomic mass is 35.5. The fourth-order valence-corrected chi connectivity index (χ4v) is 2.25. The Morgan fingerprint density at radius 1 is 1.26 bits per heavy atom. The molecule has 0 radical (unpaired) electrons. The molecule has 1 aromatic carbocycles. The summed E-state index contributed by atoms with van der Waals surface area (Å²) in [6, 6.07) is 8.15. The Morgan fingerprint density at radius 3 is 2.48 bits per heavy atom. The second kappa shape index (κ2) is 6.22. The van der Waals surface area contributed by atoms with Gasteiger partial charge >= 0.3 is 6.18 Å². The van der Waals surface area contributed by atoms with E-state index in [4.69, 9.17) is 11.6 Å². The Balaban J connectivity index is 2.71. The SMILES string of the molecule is N#CC(c1ccccc1C(F)(F)F)c1nc(Cl)ccc1[N+](=O)[O-]. The molecule has 1 aromatic heterocycles. The van der Waals surface area contributed by atoms with Gasteiger partial charge in [-0.25, -0.2) is 4.98 Å². The largest absolute Gasteiger partial charge is 0.416 e. The molecule has 23 heavy (non-hydrogen) atoms. The molecule has 1 atom stereocenters. The van der Waals surface area contributed by atoms with Gasteiger partial charge in [0.1, 0.15) is 16.8 Å². The molecule has 1 heterocycles. The van der Waals surface area contributed by atoms with Crippen molar-refractivity contribution in [1.29, 1.82) is 5.26 Å². The first kappa shape index (κ1) is 16.7. The van der Waals surface area contributed by atoms with E-state index < -0.39 is 39.5 Å². The number of halogens is 4. The lowest BCUT2D eigenvalue weighted by atomic mass is 9.91. The molecule has 118 valence electrons. The molecule has 0 aliphatic heterocycles. The quantitative estimate of drug-likeness (QED) is 0.473. The average molecular weight is 342 g/mol. The summed E-state index contributed by atoms with van der Waals surface area (Å²) in [5.74, 6) is -1.58. The first-order chi connectivity index (χ1) is 10.8. The summed E-state index contributed by atoms with van der Waals surface area (Å²) in [6.07, 6.45) is -4.71. The summed E-state index contributed by atoms with van der Waals surface area (Å²) in [6.45, 7) is 0. The predicted molar refractivity (Wildman–Crippen MR) is 74.8 cm³/mol. The number of hydrogen-bond donors (Lipinski definition) is 0. The Kier molecular flexibility index (Phi) is 4.52. The van der Waals surface area contributed by atoms with Crippen LogP contribution in [-0.2, 0) is 6.18 Å². The number of nitriles is 1. The zero-order valence-electron chi connectivity index (χ0n) is 11.2. The molecule has 2 aromatic rings. The highest BCUT2D eigenvalue weighted by Gasteiger charge is 2.37. The van der Waals surface area contributed by atoms with Crippen LogP contribution in [0.5, 0.6) is 0 Å². The van der Waals surface area contributed by atoms with Crippen molar-refractivity contribution in [3.63, 3.8) is 0 Å². The molecule has 0 amide bonds. The second-order valence-corrected chi connectivity index (χ2v) is 4.83. The van der Waals surface area contributed by atoms with Crippen LogP contribution in [0.25, 0.3) is 0 Å². The number of aromatic nitrogens is 1. The molecule has 0 bridgehead atoms. The van der Waals surface area contributed by atoms with Crippen molar-refractivity contribution in [3.8, 4) is 6.07 Å². The molecule has 5 nitrogen and oxygen atoms in total. The summed E-state index contributed by atoms with van der Waals surface area (Å²) in [5, 5.41) is 20.2. The normalized spacial score (nSPS) is 12.5. The van der Waals surface area contributed by atoms with E-state index in [1.54, 1.807) is 6.07 Å². The van der Waals surface area contributed by atoms with Crippen molar-refractivity contribution < 1.29 is 18.1 Å². The van der Waals surface area contributed by atoms with E-state index in [-0.39, 0.29) is 5.15 Å². The zero-order chi connectivity index (χ0) is 17.2. The molecule has 0 saturated heterocycles. The van der Waals surface area contributed by atoms with Gasteiger partial charge in [0.2, 0.25) is 0 Å². The Hall–Kier alpha value is -2.66. The van der Waals surface area contributed by atoms with E-state index in [1.165, 1.54) is 12.1 Å². The van der Waals surface area contributed by atoms with E-state index in [2.05, 4.69) is 4.98 Å². The molecule has 2 rings (SSSR count). The minimum atomic E-state index is -4.71. The molecule has 0 aliphatic rings. The van der Waals surface area contributed by atoms with E-state index >= 15 is 0 Å². The highest BCUT2D eigenvalue weighted by molar-refractivity contribution is 6.29. The maximum absolute atomic E-state index is 13.1. The topological polar surface area (TPSA) is 79.8 Å². The maximum Gasteiger partial charge on any atom is 0.416 e. The Bertz CT molecular complexity index is 803. The summed E-state index contributed by atoms with van der Waals surface area (Å²) in [7, 11) is 0. The molecular formula is C14H7ClF3N3O2. The lowest BCUT2D eigenvalue weighted by Gasteiger charge is -2.16. The van der Waals surface area contributed by atoms with Crippen molar-refractivity contribution in [2.75, 3.05) is 0 Å². The minimum absolute atomic E-state index is 0.157. The van der Waals surface area contributed by atoms with E-state index in [9.17, 15) is 28.5 Å². The standard InChI is InChI=1S/C14H7ClF3N3O2/c15-12-6-5-11(21(22)23)13(20-12)9(7-19)8-3-1-2-4-10(8)14(16,17)18/h1-6,9H. The molecule has 1 unspecified atom stereocenters. The van der Waals surface area contributed by atoms with Crippen LogP contribution in [0.1, 0.15) is 22.7 Å².